The molecule has 0 aliphatic heterocycles. The minimum absolute atomic E-state index is 0.0355. The Hall–Kier alpha value is -3.57. The molecule has 0 spiro atoms. The minimum Gasteiger partial charge on any atom is -0.341 e. The fraction of sp³-hybridized carbons (Fsp3) is 0.200. The lowest BCUT2D eigenvalue weighted by Crippen LogP contribution is -2.14. The van der Waals surface area contributed by atoms with Gasteiger partial charge in [0.1, 0.15) is 11.5 Å². The predicted molar refractivity (Wildman–Crippen MR) is 153 cm³/mol. The maximum atomic E-state index is 13.2. The second-order valence-electron chi connectivity index (χ2n) is 7.73. The van der Waals surface area contributed by atoms with Crippen molar-refractivity contribution in [3.05, 3.63) is 118 Å². The van der Waals surface area contributed by atoms with E-state index >= 15 is 0 Å². The first kappa shape index (κ1) is 26.0. The van der Waals surface area contributed by atoms with E-state index in [1.165, 1.54) is 0 Å². The maximum absolute atomic E-state index is 13.2. The number of thioether (sulfide) groups is 1. The van der Waals surface area contributed by atoms with E-state index in [9.17, 15) is 4.79 Å². The van der Waals surface area contributed by atoms with Gasteiger partial charge in [-0.1, -0.05) is 62.9 Å². The van der Waals surface area contributed by atoms with Crippen molar-refractivity contribution in [2.24, 2.45) is 0 Å². The Morgan fingerprint density at radius 2 is 1.71 bits per heavy atom. The summed E-state index contributed by atoms with van der Waals surface area (Å²) in [4.78, 5) is 18.1. The molecule has 0 amide bonds. The molecule has 0 saturated heterocycles. The van der Waals surface area contributed by atoms with Gasteiger partial charge in [0.15, 0.2) is 5.43 Å². The van der Waals surface area contributed by atoms with Gasteiger partial charge in [-0.25, -0.2) is 4.98 Å². The summed E-state index contributed by atoms with van der Waals surface area (Å²) >= 11 is 1.58. The number of para-hydroxylation sites is 2. The van der Waals surface area contributed by atoms with Crippen molar-refractivity contribution in [1.82, 2.24) is 9.55 Å². The lowest BCUT2D eigenvalue weighted by molar-refractivity contribution is 0.832. The van der Waals surface area contributed by atoms with Crippen LogP contribution >= 0.6 is 11.8 Å². The molecule has 4 aromatic rings. The largest absolute Gasteiger partial charge is 0.341 e. The number of aromatic nitrogens is 2. The number of nitrogens with zero attached hydrogens (tertiary/aromatic N) is 2. The van der Waals surface area contributed by atoms with Crippen LogP contribution in [0.2, 0.25) is 0 Å². The van der Waals surface area contributed by atoms with Gasteiger partial charge in [-0.2, -0.15) is 0 Å². The monoisotopic (exact) mass is 483 g/mol. The van der Waals surface area contributed by atoms with E-state index in [4.69, 9.17) is 4.98 Å². The van der Waals surface area contributed by atoms with Crippen molar-refractivity contribution in [2.75, 3.05) is 5.32 Å². The summed E-state index contributed by atoms with van der Waals surface area (Å²) in [5, 5.41) is 7.90. The van der Waals surface area contributed by atoms with E-state index in [-0.39, 0.29) is 5.43 Å². The quantitative estimate of drug-likeness (QED) is 0.244. The van der Waals surface area contributed by atoms with E-state index in [2.05, 4.69) is 23.4 Å². The van der Waals surface area contributed by atoms with Crippen molar-refractivity contribution in [3.63, 3.8) is 0 Å². The summed E-state index contributed by atoms with van der Waals surface area (Å²) < 4.78 is 2.02. The van der Waals surface area contributed by atoms with Crippen LogP contribution in [0.4, 0.5) is 11.5 Å². The highest BCUT2D eigenvalue weighted by molar-refractivity contribution is 8.04. The van der Waals surface area contributed by atoms with Gasteiger partial charge >= 0.3 is 0 Å². The average molecular weight is 484 g/mol. The van der Waals surface area contributed by atoms with Crippen molar-refractivity contribution in [1.29, 1.82) is 0 Å². The number of nitrogens with one attached hydrogen (secondary N) is 1. The first-order valence-corrected chi connectivity index (χ1v) is 13.0. The lowest BCUT2D eigenvalue weighted by atomic mass is 10.0. The third-order valence-electron chi connectivity index (χ3n) is 5.43. The normalized spacial score (nSPS) is 10.7. The van der Waals surface area contributed by atoms with E-state index in [0.717, 1.165) is 41.9 Å². The van der Waals surface area contributed by atoms with Crippen molar-refractivity contribution in [2.45, 2.75) is 40.0 Å². The van der Waals surface area contributed by atoms with Crippen LogP contribution in [0.1, 0.15) is 37.9 Å². The highest BCUT2D eigenvalue weighted by Gasteiger charge is 2.15. The zero-order valence-corrected chi connectivity index (χ0v) is 21.5. The Morgan fingerprint density at radius 1 is 1.03 bits per heavy atom. The molecule has 0 aliphatic carbocycles. The zero-order chi connectivity index (χ0) is 25.0. The molecule has 35 heavy (non-hydrogen) atoms. The van der Waals surface area contributed by atoms with E-state index < -0.39 is 0 Å². The van der Waals surface area contributed by atoms with Crippen LogP contribution in [0.5, 0.6) is 0 Å². The number of anilines is 2. The molecule has 2 aromatic carbocycles. The summed E-state index contributed by atoms with van der Waals surface area (Å²) in [6.45, 7) is 9.72. The molecule has 2 aromatic heterocycles. The molecule has 4 nitrogen and oxygen atoms in total. The number of pyridine rings is 2. The Morgan fingerprint density at radius 3 is 2.40 bits per heavy atom. The number of unbranched alkanes of at least 4 members (excludes halogenated alkanes) is 1. The van der Waals surface area contributed by atoms with Crippen molar-refractivity contribution >= 4 is 34.3 Å². The number of hydrogen-bond donors (Lipinski definition) is 1. The van der Waals surface area contributed by atoms with Gasteiger partial charge in [-0.15, -0.1) is 11.8 Å². The van der Waals surface area contributed by atoms with Crippen molar-refractivity contribution < 1.29 is 0 Å². The average Bonchev–Trinajstić information content (AvgIpc) is 2.89. The third kappa shape index (κ3) is 6.74. The fourth-order valence-electron chi connectivity index (χ4n) is 3.81. The number of benzene rings is 2. The molecule has 180 valence electrons. The second kappa shape index (κ2) is 13.4. The lowest BCUT2D eigenvalue weighted by Gasteiger charge is -2.19. The molecule has 1 N–H and O–H groups in total. The molecule has 0 fully saturated rings. The molecule has 2 heterocycles. The topological polar surface area (TPSA) is 46.9 Å². The highest BCUT2D eigenvalue weighted by atomic mass is 32.2. The van der Waals surface area contributed by atoms with Gasteiger partial charge < -0.3 is 5.32 Å². The van der Waals surface area contributed by atoms with Gasteiger partial charge in [-0.05, 0) is 72.9 Å². The molecule has 5 heteroatoms. The molecule has 0 saturated carbocycles. The van der Waals surface area contributed by atoms with Crippen LogP contribution < -0.4 is 10.7 Å². The van der Waals surface area contributed by atoms with E-state index in [1.54, 1.807) is 17.8 Å². The fourth-order valence-corrected chi connectivity index (χ4v) is 4.17. The standard InChI is InChI=1S/C28H27N3OS.C2H6/c1-3-33-18-12-6-7-13-22-19-25-26(32)20-27(30-23-14-8-4-9-15-23)31(28(25)29-21(22)2)24-16-10-5-11-17-24;1-2/h3-5,8-12,14-20,30H,1,6-7,13H2,2H3;1-2H3/b18-12+;. The molecule has 0 bridgehead atoms. The van der Waals surface area contributed by atoms with Crippen LogP contribution in [0.25, 0.3) is 16.7 Å². The molecule has 0 radical (unpaired) electrons. The number of rotatable bonds is 9. The number of fused-ring (bicyclic) bond motifs is 1. The highest BCUT2D eigenvalue weighted by Crippen LogP contribution is 2.26. The van der Waals surface area contributed by atoms with Gasteiger partial charge in [0, 0.05) is 23.1 Å². The molecule has 4 rings (SSSR count). The number of aryl methyl sites for hydroxylation is 2. The summed E-state index contributed by atoms with van der Waals surface area (Å²) in [6, 6.07) is 23.6. The summed E-state index contributed by atoms with van der Waals surface area (Å²) in [7, 11) is 0. The first-order chi connectivity index (χ1) is 17.2. The summed E-state index contributed by atoms with van der Waals surface area (Å²) in [5.74, 6) is 0.689. The Balaban J connectivity index is 0.00000167. The smallest absolute Gasteiger partial charge is 0.193 e. The Labute approximate surface area is 212 Å². The molecular weight excluding hydrogens is 450 g/mol. The maximum Gasteiger partial charge on any atom is 0.193 e. The Kier molecular flexibility index (Phi) is 9.93. The molecule has 0 aliphatic rings. The van der Waals surface area contributed by atoms with E-state index in [0.29, 0.717) is 16.9 Å². The Bertz CT molecular complexity index is 1330. The minimum atomic E-state index is -0.0355. The number of allylic oxidation sites excluding steroid dienone is 1. The molecule has 0 atom stereocenters. The van der Waals surface area contributed by atoms with Crippen LogP contribution in [-0.4, -0.2) is 9.55 Å². The van der Waals surface area contributed by atoms with Gasteiger partial charge in [-0.3, -0.25) is 9.36 Å². The summed E-state index contributed by atoms with van der Waals surface area (Å²) in [6.07, 6.45) is 5.02. The van der Waals surface area contributed by atoms with Gasteiger partial charge in [0.25, 0.3) is 0 Å². The third-order valence-corrected chi connectivity index (χ3v) is 5.97. The van der Waals surface area contributed by atoms with Crippen LogP contribution in [0.15, 0.2) is 101 Å². The van der Waals surface area contributed by atoms with Crippen molar-refractivity contribution in [3.8, 4) is 5.69 Å². The predicted octanol–water partition coefficient (Wildman–Crippen LogP) is 8.18. The first-order valence-electron chi connectivity index (χ1n) is 12.0. The summed E-state index contributed by atoms with van der Waals surface area (Å²) in [5.41, 5.74) is 4.56. The van der Waals surface area contributed by atoms with Crippen LogP contribution in [-0.2, 0) is 6.42 Å². The molecular formula is C30H33N3OS. The second-order valence-corrected chi connectivity index (χ2v) is 8.60. The van der Waals surface area contributed by atoms with Gasteiger partial charge in [0.05, 0.1) is 5.39 Å². The zero-order valence-electron chi connectivity index (χ0n) is 20.7. The number of hydrogen-bond acceptors (Lipinski definition) is 4. The molecule has 0 unspecified atom stereocenters. The van der Waals surface area contributed by atoms with Gasteiger partial charge in [0.2, 0.25) is 0 Å². The van der Waals surface area contributed by atoms with Crippen LogP contribution in [0.3, 0.4) is 0 Å². The SMILES string of the molecule is C=CS/C=C/CCCc1cc2c(=O)cc(Nc3ccccc3)n(-c3ccccc3)c2nc1C.CC. The van der Waals surface area contributed by atoms with E-state index in [1.807, 2.05) is 97.5 Å². The van der Waals surface area contributed by atoms with Crippen LogP contribution in [0, 0.1) is 6.92 Å².